The van der Waals surface area contributed by atoms with Crippen LogP contribution in [-0.2, 0) is 0 Å². The van der Waals surface area contributed by atoms with Crippen molar-refractivity contribution in [2.24, 2.45) is 5.41 Å². The van der Waals surface area contributed by atoms with Gasteiger partial charge in [0.25, 0.3) is 5.91 Å². The molecule has 1 aliphatic rings. The Labute approximate surface area is 108 Å². The Bertz CT molecular complexity index is 453. The molecular weight excluding hydrogens is 228 g/mol. The van der Waals surface area contributed by atoms with E-state index in [9.17, 15) is 4.79 Å². The first-order chi connectivity index (χ1) is 8.56. The van der Waals surface area contributed by atoms with Gasteiger partial charge in [-0.1, -0.05) is 19.4 Å². The zero-order chi connectivity index (χ0) is 13.2. The molecule has 4 heteroatoms. The zero-order valence-corrected chi connectivity index (χ0v) is 11.0. The number of amides is 1. The number of hydrogen-bond acceptors (Lipinski definition) is 3. The molecule has 0 spiro atoms. The van der Waals surface area contributed by atoms with Gasteiger partial charge in [-0.2, -0.15) is 0 Å². The van der Waals surface area contributed by atoms with E-state index in [1.54, 1.807) is 25.3 Å². The third-order valence-electron chi connectivity index (χ3n) is 3.77. The average Bonchev–Trinajstić information content (AvgIpc) is 2.34. The molecule has 1 aromatic rings. The van der Waals surface area contributed by atoms with Crippen LogP contribution in [0.15, 0.2) is 18.2 Å². The number of carbonyl (C=O) groups excluding carboxylic acids is 1. The van der Waals surface area contributed by atoms with Crippen LogP contribution in [-0.4, -0.2) is 19.6 Å². The van der Waals surface area contributed by atoms with Gasteiger partial charge in [-0.25, -0.2) is 0 Å². The highest BCUT2D eigenvalue weighted by molar-refractivity contribution is 6.00. The molecule has 98 valence electrons. The molecule has 0 unspecified atom stereocenters. The summed E-state index contributed by atoms with van der Waals surface area (Å²) in [5.41, 5.74) is 7.04. The summed E-state index contributed by atoms with van der Waals surface area (Å²) in [4.78, 5) is 12.1. The van der Waals surface area contributed by atoms with Crippen molar-refractivity contribution in [1.82, 2.24) is 5.32 Å². The lowest BCUT2D eigenvalue weighted by molar-refractivity contribution is 0.0891. The van der Waals surface area contributed by atoms with Gasteiger partial charge in [0.1, 0.15) is 5.75 Å². The van der Waals surface area contributed by atoms with Crippen molar-refractivity contribution in [3.63, 3.8) is 0 Å². The maximum Gasteiger partial charge on any atom is 0.253 e. The molecule has 0 aromatic heterocycles. The predicted molar refractivity (Wildman–Crippen MR) is 71.7 cm³/mol. The van der Waals surface area contributed by atoms with E-state index in [2.05, 4.69) is 12.2 Å². The second-order valence-electron chi connectivity index (χ2n) is 5.27. The predicted octanol–water partition coefficient (Wildman–Crippen LogP) is 2.20. The lowest BCUT2D eigenvalue weighted by Crippen LogP contribution is -2.40. The Morgan fingerprint density at radius 2 is 2.22 bits per heavy atom. The molecule has 18 heavy (non-hydrogen) atoms. The maximum absolute atomic E-state index is 12.1. The molecule has 0 bridgehead atoms. The number of hydrogen-bond donors (Lipinski definition) is 2. The van der Waals surface area contributed by atoms with E-state index < -0.39 is 0 Å². The average molecular weight is 248 g/mol. The molecule has 0 saturated heterocycles. The smallest absolute Gasteiger partial charge is 0.253 e. The Balaban J connectivity index is 2.04. The molecular formula is C14H20N2O2. The Morgan fingerprint density at radius 3 is 2.78 bits per heavy atom. The van der Waals surface area contributed by atoms with Gasteiger partial charge < -0.3 is 15.8 Å². The SMILES string of the molecule is COc1cccc(C(=O)NCC2(C)CCC2)c1N. The van der Waals surface area contributed by atoms with Crippen LogP contribution in [0, 0.1) is 5.41 Å². The highest BCUT2D eigenvalue weighted by atomic mass is 16.5. The summed E-state index contributed by atoms with van der Waals surface area (Å²) in [6, 6.07) is 5.24. The Hall–Kier alpha value is -1.71. The van der Waals surface area contributed by atoms with E-state index in [1.807, 2.05) is 0 Å². The number of ether oxygens (including phenoxy) is 1. The molecule has 1 aromatic carbocycles. The molecule has 3 N–H and O–H groups in total. The lowest BCUT2D eigenvalue weighted by Gasteiger charge is -2.38. The second-order valence-corrected chi connectivity index (χ2v) is 5.27. The number of para-hydroxylation sites is 1. The van der Waals surface area contributed by atoms with Gasteiger partial charge in [0.05, 0.1) is 18.4 Å². The summed E-state index contributed by atoms with van der Waals surface area (Å²) in [6.07, 6.45) is 3.62. The first kappa shape index (κ1) is 12.7. The number of nitrogen functional groups attached to an aromatic ring is 1. The molecule has 1 aliphatic carbocycles. The summed E-state index contributed by atoms with van der Waals surface area (Å²) in [5, 5.41) is 2.96. The molecule has 1 amide bonds. The van der Waals surface area contributed by atoms with Crippen molar-refractivity contribution in [3.05, 3.63) is 23.8 Å². The monoisotopic (exact) mass is 248 g/mol. The summed E-state index contributed by atoms with van der Waals surface area (Å²) in [6.45, 7) is 2.91. The molecule has 0 radical (unpaired) electrons. The maximum atomic E-state index is 12.1. The molecule has 4 nitrogen and oxygen atoms in total. The van der Waals surface area contributed by atoms with Crippen LogP contribution in [0.3, 0.4) is 0 Å². The molecule has 2 rings (SSSR count). The van der Waals surface area contributed by atoms with Crippen LogP contribution in [0.5, 0.6) is 5.75 Å². The van der Waals surface area contributed by atoms with Gasteiger partial charge in [0, 0.05) is 6.54 Å². The van der Waals surface area contributed by atoms with Gasteiger partial charge >= 0.3 is 0 Å². The number of nitrogens with two attached hydrogens (primary N) is 1. The van der Waals surface area contributed by atoms with E-state index in [4.69, 9.17) is 10.5 Å². The second kappa shape index (κ2) is 4.88. The minimum Gasteiger partial charge on any atom is -0.495 e. The van der Waals surface area contributed by atoms with Gasteiger partial charge in [-0.3, -0.25) is 4.79 Å². The third-order valence-corrected chi connectivity index (χ3v) is 3.77. The number of methoxy groups -OCH3 is 1. The molecule has 1 saturated carbocycles. The summed E-state index contributed by atoms with van der Waals surface area (Å²) < 4.78 is 5.11. The molecule has 1 fully saturated rings. The largest absolute Gasteiger partial charge is 0.495 e. The van der Waals surface area contributed by atoms with Crippen molar-refractivity contribution in [2.45, 2.75) is 26.2 Å². The van der Waals surface area contributed by atoms with E-state index in [-0.39, 0.29) is 11.3 Å². The van der Waals surface area contributed by atoms with Crippen molar-refractivity contribution in [3.8, 4) is 5.75 Å². The fourth-order valence-corrected chi connectivity index (χ4v) is 2.27. The topological polar surface area (TPSA) is 64.3 Å². The minimum atomic E-state index is -0.125. The first-order valence-electron chi connectivity index (χ1n) is 6.26. The van der Waals surface area contributed by atoms with Gasteiger partial charge in [0.15, 0.2) is 0 Å². The van der Waals surface area contributed by atoms with E-state index in [0.29, 0.717) is 23.5 Å². The highest BCUT2D eigenvalue weighted by Crippen LogP contribution is 2.39. The van der Waals surface area contributed by atoms with Crippen molar-refractivity contribution >= 4 is 11.6 Å². The van der Waals surface area contributed by atoms with Crippen molar-refractivity contribution in [2.75, 3.05) is 19.4 Å². The van der Waals surface area contributed by atoms with Gasteiger partial charge in [0.2, 0.25) is 0 Å². The van der Waals surface area contributed by atoms with Crippen molar-refractivity contribution < 1.29 is 9.53 Å². The number of anilines is 1. The molecule has 0 aliphatic heterocycles. The third kappa shape index (κ3) is 2.42. The van der Waals surface area contributed by atoms with Crippen LogP contribution in [0.25, 0.3) is 0 Å². The van der Waals surface area contributed by atoms with Crippen molar-refractivity contribution in [1.29, 1.82) is 0 Å². The van der Waals surface area contributed by atoms with Crippen LogP contribution in [0.4, 0.5) is 5.69 Å². The van der Waals surface area contributed by atoms with Crippen LogP contribution < -0.4 is 15.8 Å². The zero-order valence-electron chi connectivity index (χ0n) is 11.0. The van der Waals surface area contributed by atoms with E-state index >= 15 is 0 Å². The Morgan fingerprint density at radius 1 is 1.50 bits per heavy atom. The number of rotatable bonds is 4. The quantitative estimate of drug-likeness (QED) is 0.803. The van der Waals surface area contributed by atoms with Crippen LogP contribution in [0.2, 0.25) is 0 Å². The first-order valence-corrected chi connectivity index (χ1v) is 6.26. The normalized spacial score (nSPS) is 16.8. The summed E-state index contributed by atoms with van der Waals surface area (Å²) >= 11 is 0. The standard InChI is InChI=1S/C14H20N2O2/c1-14(7-4-8-14)9-16-13(17)10-5-3-6-11(18-2)12(10)15/h3,5-6H,4,7-9,15H2,1-2H3,(H,16,17). The summed E-state index contributed by atoms with van der Waals surface area (Å²) in [7, 11) is 1.54. The fraction of sp³-hybridized carbons (Fsp3) is 0.500. The van der Waals surface area contributed by atoms with Crippen LogP contribution in [0.1, 0.15) is 36.5 Å². The van der Waals surface area contributed by atoms with Crippen LogP contribution >= 0.6 is 0 Å². The fourth-order valence-electron chi connectivity index (χ4n) is 2.27. The molecule has 0 atom stereocenters. The molecule has 0 heterocycles. The number of benzene rings is 1. The van der Waals surface area contributed by atoms with E-state index in [0.717, 1.165) is 0 Å². The van der Waals surface area contributed by atoms with Gasteiger partial charge in [-0.15, -0.1) is 0 Å². The number of carbonyl (C=O) groups is 1. The number of nitrogens with one attached hydrogen (secondary N) is 1. The highest BCUT2D eigenvalue weighted by Gasteiger charge is 2.32. The minimum absolute atomic E-state index is 0.125. The van der Waals surface area contributed by atoms with Gasteiger partial charge in [-0.05, 0) is 30.4 Å². The summed E-state index contributed by atoms with van der Waals surface area (Å²) in [5.74, 6) is 0.414. The lowest BCUT2D eigenvalue weighted by atomic mass is 9.70. The van der Waals surface area contributed by atoms with E-state index in [1.165, 1.54) is 19.3 Å². The Kier molecular flexibility index (Phi) is 3.45.